The second-order valence-electron chi connectivity index (χ2n) is 4.77. The molecule has 0 saturated carbocycles. The van der Waals surface area contributed by atoms with E-state index >= 15 is 0 Å². The van der Waals surface area contributed by atoms with Gasteiger partial charge in [-0.3, -0.25) is 4.79 Å². The highest BCUT2D eigenvalue weighted by molar-refractivity contribution is 5.80. The highest BCUT2D eigenvalue weighted by Crippen LogP contribution is 2.19. The molecule has 0 spiro atoms. The average molecular weight is 229 g/mol. The van der Waals surface area contributed by atoms with Crippen molar-refractivity contribution >= 4 is 5.97 Å². The van der Waals surface area contributed by atoms with Gasteiger partial charge in [0.2, 0.25) is 0 Å². The van der Waals surface area contributed by atoms with Gasteiger partial charge in [-0.1, -0.05) is 0 Å². The van der Waals surface area contributed by atoms with Crippen LogP contribution in [0.3, 0.4) is 0 Å². The monoisotopic (exact) mass is 229 g/mol. The smallest absolute Gasteiger partial charge is 0.326 e. The Morgan fingerprint density at radius 2 is 2.12 bits per heavy atom. The lowest BCUT2D eigenvalue weighted by Crippen LogP contribution is -2.53. The first-order chi connectivity index (χ1) is 7.54. The van der Waals surface area contributed by atoms with Gasteiger partial charge in [-0.15, -0.1) is 0 Å². The molecule has 1 atom stereocenters. The van der Waals surface area contributed by atoms with Gasteiger partial charge in [0, 0.05) is 0 Å². The zero-order chi connectivity index (χ0) is 12.0. The molecule has 1 saturated heterocycles. The van der Waals surface area contributed by atoms with Crippen LogP contribution >= 0.6 is 0 Å². The summed E-state index contributed by atoms with van der Waals surface area (Å²) in [5.41, 5.74) is -0.490. The Bertz CT molecular complexity index is 222. The summed E-state index contributed by atoms with van der Waals surface area (Å²) in [6, 6.07) is 0. The van der Waals surface area contributed by atoms with E-state index in [4.69, 9.17) is 9.47 Å². The Morgan fingerprint density at radius 1 is 1.38 bits per heavy atom. The van der Waals surface area contributed by atoms with Gasteiger partial charge < -0.3 is 14.8 Å². The van der Waals surface area contributed by atoms with Gasteiger partial charge in [0.1, 0.15) is 12.1 Å². The summed E-state index contributed by atoms with van der Waals surface area (Å²) in [7, 11) is 0. The largest absolute Gasteiger partial charge is 0.462 e. The summed E-state index contributed by atoms with van der Waals surface area (Å²) < 4.78 is 10.5. The Labute approximate surface area is 97.7 Å². The number of carbonyl (C=O) groups is 1. The molecule has 1 aliphatic rings. The van der Waals surface area contributed by atoms with Crippen molar-refractivity contribution in [1.82, 2.24) is 5.32 Å². The number of rotatable bonds is 5. The van der Waals surface area contributed by atoms with E-state index in [0.29, 0.717) is 13.2 Å². The first kappa shape index (κ1) is 13.5. The highest BCUT2D eigenvalue weighted by atomic mass is 16.6. The minimum absolute atomic E-state index is 0.153. The summed E-state index contributed by atoms with van der Waals surface area (Å²) in [4.78, 5) is 11.8. The van der Waals surface area contributed by atoms with E-state index in [1.54, 1.807) is 0 Å². The number of nitrogens with one attached hydrogen (secondary N) is 1. The zero-order valence-electron chi connectivity index (χ0n) is 10.5. The number of hydrogen-bond donors (Lipinski definition) is 1. The molecule has 1 fully saturated rings. The minimum Gasteiger partial charge on any atom is -0.462 e. The van der Waals surface area contributed by atoms with Gasteiger partial charge in [-0.2, -0.15) is 0 Å². The van der Waals surface area contributed by atoms with E-state index in [1.807, 2.05) is 20.8 Å². The number of ether oxygens (including phenoxy) is 2. The van der Waals surface area contributed by atoms with Crippen molar-refractivity contribution in [3.05, 3.63) is 0 Å². The van der Waals surface area contributed by atoms with E-state index in [1.165, 1.54) is 0 Å². The van der Waals surface area contributed by atoms with E-state index in [2.05, 4.69) is 5.32 Å². The summed E-state index contributed by atoms with van der Waals surface area (Å²) in [6.07, 6.45) is 3.26. The lowest BCUT2D eigenvalue weighted by Gasteiger charge is -2.32. The fraction of sp³-hybridized carbons (Fsp3) is 0.917. The maximum atomic E-state index is 11.8. The molecular weight excluding hydrogens is 206 g/mol. The SMILES string of the molecule is CC(C)OCCOC(=O)C1(C)CCCCN1. The van der Waals surface area contributed by atoms with Crippen LogP contribution in [0.1, 0.15) is 40.0 Å². The van der Waals surface area contributed by atoms with E-state index in [-0.39, 0.29) is 12.1 Å². The molecule has 0 bridgehead atoms. The van der Waals surface area contributed by atoms with Crippen molar-refractivity contribution in [1.29, 1.82) is 0 Å². The standard InChI is InChI=1S/C12H23NO3/c1-10(2)15-8-9-16-11(14)12(3)6-4-5-7-13-12/h10,13H,4-9H2,1-3H3. The van der Waals surface area contributed by atoms with Crippen LogP contribution in [0.25, 0.3) is 0 Å². The highest BCUT2D eigenvalue weighted by Gasteiger charge is 2.35. The van der Waals surface area contributed by atoms with Gasteiger partial charge in [0.15, 0.2) is 0 Å². The molecule has 0 amide bonds. The summed E-state index contributed by atoms with van der Waals surface area (Å²) in [5, 5.41) is 3.23. The van der Waals surface area contributed by atoms with Gasteiger partial charge in [0.05, 0.1) is 12.7 Å². The van der Waals surface area contributed by atoms with Crippen LogP contribution in [0.4, 0.5) is 0 Å². The molecule has 16 heavy (non-hydrogen) atoms. The Hall–Kier alpha value is -0.610. The number of hydrogen-bond acceptors (Lipinski definition) is 4. The molecule has 94 valence electrons. The third kappa shape index (κ3) is 4.10. The first-order valence-corrected chi connectivity index (χ1v) is 6.08. The molecule has 0 aromatic carbocycles. The molecule has 0 aromatic rings. The van der Waals surface area contributed by atoms with Crippen LogP contribution in [-0.4, -0.2) is 37.4 Å². The quantitative estimate of drug-likeness (QED) is 0.573. The molecule has 0 aromatic heterocycles. The Kier molecular flexibility index (Phi) is 5.22. The third-order valence-corrected chi connectivity index (χ3v) is 2.84. The van der Waals surface area contributed by atoms with Gasteiger partial charge >= 0.3 is 5.97 Å². The lowest BCUT2D eigenvalue weighted by molar-refractivity contribution is -0.154. The second kappa shape index (κ2) is 6.21. The van der Waals surface area contributed by atoms with Crippen molar-refractivity contribution in [3.63, 3.8) is 0 Å². The summed E-state index contributed by atoms with van der Waals surface area (Å²) in [5.74, 6) is -0.153. The summed E-state index contributed by atoms with van der Waals surface area (Å²) in [6.45, 7) is 7.55. The molecule has 0 radical (unpaired) electrons. The summed E-state index contributed by atoms with van der Waals surface area (Å²) >= 11 is 0. The maximum absolute atomic E-state index is 11.8. The topological polar surface area (TPSA) is 47.6 Å². The average Bonchev–Trinajstić information content (AvgIpc) is 2.25. The molecule has 1 rings (SSSR count). The van der Waals surface area contributed by atoms with Crippen LogP contribution in [-0.2, 0) is 14.3 Å². The Morgan fingerprint density at radius 3 is 2.69 bits per heavy atom. The van der Waals surface area contributed by atoms with Crippen LogP contribution in [0.2, 0.25) is 0 Å². The van der Waals surface area contributed by atoms with Gasteiger partial charge in [-0.25, -0.2) is 0 Å². The maximum Gasteiger partial charge on any atom is 0.326 e. The van der Waals surface area contributed by atoms with Crippen LogP contribution in [0.5, 0.6) is 0 Å². The van der Waals surface area contributed by atoms with Crippen molar-refractivity contribution in [3.8, 4) is 0 Å². The van der Waals surface area contributed by atoms with Crippen molar-refractivity contribution < 1.29 is 14.3 Å². The van der Waals surface area contributed by atoms with Crippen LogP contribution in [0.15, 0.2) is 0 Å². The van der Waals surface area contributed by atoms with Crippen LogP contribution < -0.4 is 5.32 Å². The zero-order valence-corrected chi connectivity index (χ0v) is 10.5. The minimum atomic E-state index is -0.490. The van der Waals surface area contributed by atoms with E-state index < -0.39 is 5.54 Å². The Balaban J connectivity index is 2.23. The third-order valence-electron chi connectivity index (χ3n) is 2.84. The van der Waals surface area contributed by atoms with E-state index in [9.17, 15) is 4.79 Å². The number of piperidine rings is 1. The molecule has 0 aliphatic carbocycles. The van der Waals surface area contributed by atoms with Crippen molar-refractivity contribution in [2.45, 2.75) is 51.7 Å². The fourth-order valence-electron chi connectivity index (χ4n) is 1.81. The fourth-order valence-corrected chi connectivity index (χ4v) is 1.81. The second-order valence-corrected chi connectivity index (χ2v) is 4.77. The number of esters is 1. The van der Waals surface area contributed by atoms with Crippen LogP contribution in [0, 0.1) is 0 Å². The van der Waals surface area contributed by atoms with Crippen molar-refractivity contribution in [2.75, 3.05) is 19.8 Å². The molecule has 4 heteroatoms. The molecule has 1 aliphatic heterocycles. The molecule has 4 nitrogen and oxygen atoms in total. The van der Waals surface area contributed by atoms with Gasteiger partial charge in [-0.05, 0) is 46.6 Å². The van der Waals surface area contributed by atoms with Gasteiger partial charge in [0.25, 0.3) is 0 Å². The molecule has 1 unspecified atom stereocenters. The predicted octanol–water partition coefficient (Wildman–Crippen LogP) is 1.49. The first-order valence-electron chi connectivity index (χ1n) is 6.08. The molecular formula is C12H23NO3. The lowest BCUT2D eigenvalue weighted by atomic mass is 9.91. The predicted molar refractivity (Wildman–Crippen MR) is 62.3 cm³/mol. The molecule has 1 heterocycles. The number of carbonyl (C=O) groups excluding carboxylic acids is 1. The van der Waals surface area contributed by atoms with E-state index in [0.717, 1.165) is 25.8 Å². The molecule has 1 N–H and O–H groups in total. The van der Waals surface area contributed by atoms with Crippen molar-refractivity contribution in [2.24, 2.45) is 0 Å². The normalized spacial score (nSPS) is 25.8.